The monoisotopic (exact) mass is 350 g/mol. The number of carbonyl (C=O) groups is 1. The molecule has 1 aromatic carbocycles. The van der Waals surface area contributed by atoms with Crippen molar-refractivity contribution in [2.45, 2.75) is 39.7 Å². The van der Waals surface area contributed by atoms with Gasteiger partial charge in [-0.15, -0.1) is 11.3 Å². The van der Waals surface area contributed by atoms with Crippen LogP contribution in [-0.2, 0) is 11.2 Å². The van der Waals surface area contributed by atoms with E-state index in [4.69, 9.17) is 11.6 Å². The number of amides is 1. The van der Waals surface area contributed by atoms with Gasteiger partial charge < -0.3 is 4.90 Å². The molecule has 0 aliphatic carbocycles. The van der Waals surface area contributed by atoms with Gasteiger partial charge in [-0.1, -0.05) is 43.6 Å². The molecule has 0 fully saturated rings. The van der Waals surface area contributed by atoms with Crippen molar-refractivity contribution in [2.24, 2.45) is 5.92 Å². The van der Waals surface area contributed by atoms with Crippen LogP contribution in [0.15, 0.2) is 29.6 Å². The first-order valence-electron chi connectivity index (χ1n) is 7.83. The van der Waals surface area contributed by atoms with Gasteiger partial charge in [-0.2, -0.15) is 0 Å². The number of likely N-dealkylation sites (N-methyl/N-ethyl adjacent to an activating group) is 1. The largest absolute Gasteiger partial charge is 0.343 e. The summed E-state index contributed by atoms with van der Waals surface area (Å²) in [7, 11) is 1.87. The van der Waals surface area contributed by atoms with Gasteiger partial charge in [-0.3, -0.25) is 4.79 Å². The number of hydrogen-bond donors (Lipinski definition) is 0. The highest BCUT2D eigenvalue weighted by Gasteiger charge is 2.18. The minimum absolute atomic E-state index is 0.106. The van der Waals surface area contributed by atoms with Crippen LogP contribution >= 0.6 is 22.9 Å². The van der Waals surface area contributed by atoms with Gasteiger partial charge in [0.15, 0.2) is 0 Å². The Morgan fingerprint density at radius 2 is 2.00 bits per heavy atom. The first-order chi connectivity index (χ1) is 10.9. The van der Waals surface area contributed by atoms with Crippen molar-refractivity contribution < 1.29 is 4.79 Å². The minimum atomic E-state index is 0.106. The molecule has 1 amide bonds. The van der Waals surface area contributed by atoms with Gasteiger partial charge in [0.25, 0.3) is 0 Å². The lowest BCUT2D eigenvalue weighted by Crippen LogP contribution is -2.36. The van der Waals surface area contributed by atoms with E-state index in [2.05, 4.69) is 25.8 Å². The molecule has 0 saturated carbocycles. The maximum atomic E-state index is 12.4. The molecule has 2 aromatic rings. The second kappa shape index (κ2) is 7.93. The summed E-state index contributed by atoms with van der Waals surface area (Å²) in [6.45, 7) is 6.43. The van der Waals surface area contributed by atoms with Crippen molar-refractivity contribution in [1.82, 2.24) is 9.88 Å². The van der Waals surface area contributed by atoms with Crippen molar-refractivity contribution in [2.75, 3.05) is 7.05 Å². The first kappa shape index (κ1) is 18.0. The highest BCUT2D eigenvalue weighted by Crippen LogP contribution is 2.30. The van der Waals surface area contributed by atoms with Crippen LogP contribution in [0.2, 0.25) is 5.02 Å². The van der Waals surface area contributed by atoms with Gasteiger partial charge in [0, 0.05) is 24.0 Å². The fourth-order valence-corrected chi connectivity index (χ4v) is 3.65. The molecule has 1 aromatic heterocycles. The summed E-state index contributed by atoms with van der Waals surface area (Å²) in [6.07, 6.45) is 1.34. The van der Waals surface area contributed by atoms with E-state index >= 15 is 0 Å². The van der Waals surface area contributed by atoms with Crippen LogP contribution in [0.25, 0.3) is 10.6 Å². The zero-order valence-corrected chi connectivity index (χ0v) is 15.6. The van der Waals surface area contributed by atoms with Crippen LogP contribution in [0, 0.1) is 5.92 Å². The van der Waals surface area contributed by atoms with Crippen LogP contribution in [0.5, 0.6) is 0 Å². The van der Waals surface area contributed by atoms with E-state index in [0.717, 1.165) is 22.7 Å². The van der Waals surface area contributed by atoms with E-state index in [1.54, 1.807) is 0 Å². The van der Waals surface area contributed by atoms with E-state index < -0.39 is 0 Å². The second-order valence-electron chi connectivity index (χ2n) is 6.28. The molecule has 5 heteroatoms. The molecule has 23 heavy (non-hydrogen) atoms. The van der Waals surface area contributed by atoms with E-state index in [-0.39, 0.29) is 11.9 Å². The maximum Gasteiger partial charge on any atom is 0.228 e. The van der Waals surface area contributed by atoms with Gasteiger partial charge in [-0.25, -0.2) is 4.98 Å². The van der Waals surface area contributed by atoms with Crippen molar-refractivity contribution in [1.29, 1.82) is 0 Å². The molecule has 1 heterocycles. The minimum Gasteiger partial charge on any atom is -0.343 e. The molecule has 124 valence electrons. The SMILES string of the molecule is CC(C)CC(C)N(C)C(=O)Cc1csc(-c2ccccc2Cl)n1. The number of hydrogen-bond acceptors (Lipinski definition) is 3. The van der Waals surface area contributed by atoms with Gasteiger partial charge in [-0.05, 0) is 25.3 Å². The normalized spacial score (nSPS) is 12.4. The first-order valence-corrected chi connectivity index (χ1v) is 9.09. The topological polar surface area (TPSA) is 33.2 Å². The number of nitrogens with zero attached hydrogens (tertiary/aromatic N) is 2. The van der Waals surface area contributed by atoms with Crippen LogP contribution < -0.4 is 0 Å². The van der Waals surface area contributed by atoms with Crippen molar-refractivity contribution in [3.05, 3.63) is 40.4 Å². The van der Waals surface area contributed by atoms with E-state index in [1.165, 1.54) is 11.3 Å². The molecule has 0 N–H and O–H groups in total. The smallest absolute Gasteiger partial charge is 0.228 e. The number of halogens is 1. The third kappa shape index (κ3) is 4.79. The van der Waals surface area contributed by atoms with E-state index in [0.29, 0.717) is 17.4 Å². The van der Waals surface area contributed by atoms with Gasteiger partial charge in [0.2, 0.25) is 5.91 Å². The summed E-state index contributed by atoms with van der Waals surface area (Å²) in [5, 5.41) is 3.48. The molecule has 2 rings (SSSR count). The zero-order valence-electron chi connectivity index (χ0n) is 14.0. The molecule has 0 spiro atoms. The number of rotatable bonds is 6. The number of aromatic nitrogens is 1. The van der Waals surface area contributed by atoms with Gasteiger partial charge in [0.1, 0.15) is 5.01 Å². The van der Waals surface area contributed by atoms with Crippen molar-refractivity contribution in [3.63, 3.8) is 0 Å². The highest BCUT2D eigenvalue weighted by atomic mass is 35.5. The Hall–Kier alpha value is -1.39. The lowest BCUT2D eigenvalue weighted by atomic mass is 10.0. The highest BCUT2D eigenvalue weighted by molar-refractivity contribution is 7.13. The molecule has 0 radical (unpaired) electrons. The Bertz CT molecular complexity index is 669. The lowest BCUT2D eigenvalue weighted by Gasteiger charge is -2.26. The average molecular weight is 351 g/mol. The Kier molecular flexibility index (Phi) is 6.19. The zero-order chi connectivity index (χ0) is 17.0. The summed E-state index contributed by atoms with van der Waals surface area (Å²) < 4.78 is 0. The summed E-state index contributed by atoms with van der Waals surface area (Å²) in [5.41, 5.74) is 1.72. The molecule has 0 aliphatic heterocycles. The summed E-state index contributed by atoms with van der Waals surface area (Å²) in [6, 6.07) is 7.88. The molecule has 0 bridgehead atoms. The third-order valence-electron chi connectivity index (χ3n) is 3.86. The fourth-order valence-electron chi connectivity index (χ4n) is 2.51. The van der Waals surface area contributed by atoms with E-state index in [1.807, 2.05) is 41.6 Å². The molecule has 0 aliphatic rings. The maximum absolute atomic E-state index is 12.4. The predicted molar refractivity (Wildman–Crippen MR) is 98.0 cm³/mol. The average Bonchev–Trinajstić information content (AvgIpc) is 2.94. The van der Waals surface area contributed by atoms with Crippen LogP contribution in [0.4, 0.5) is 0 Å². The number of benzene rings is 1. The van der Waals surface area contributed by atoms with E-state index in [9.17, 15) is 4.79 Å². The van der Waals surface area contributed by atoms with Gasteiger partial charge in [0.05, 0.1) is 17.1 Å². The molecule has 1 unspecified atom stereocenters. The lowest BCUT2D eigenvalue weighted by molar-refractivity contribution is -0.131. The summed E-state index contributed by atoms with van der Waals surface area (Å²) >= 11 is 7.73. The van der Waals surface area contributed by atoms with Gasteiger partial charge >= 0.3 is 0 Å². The molecular weight excluding hydrogens is 328 g/mol. The number of carbonyl (C=O) groups excluding carboxylic acids is 1. The Labute approximate surface area is 147 Å². The Balaban J connectivity index is 2.04. The molecule has 3 nitrogen and oxygen atoms in total. The molecule has 1 atom stereocenters. The molecule has 0 saturated heterocycles. The number of thiazole rings is 1. The Morgan fingerprint density at radius 1 is 1.30 bits per heavy atom. The van der Waals surface area contributed by atoms with Crippen LogP contribution in [-0.4, -0.2) is 28.9 Å². The predicted octanol–water partition coefficient (Wildman–Crippen LogP) is 4.90. The summed E-state index contributed by atoms with van der Waals surface area (Å²) in [5.74, 6) is 0.681. The van der Waals surface area contributed by atoms with Crippen LogP contribution in [0.3, 0.4) is 0 Å². The fraction of sp³-hybridized carbons (Fsp3) is 0.444. The van der Waals surface area contributed by atoms with Crippen molar-refractivity contribution in [3.8, 4) is 10.6 Å². The standard InChI is InChI=1S/C18H23ClN2OS/c1-12(2)9-13(3)21(4)17(22)10-14-11-23-18(20-14)15-7-5-6-8-16(15)19/h5-8,11-13H,9-10H2,1-4H3. The summed E-state index contributed by atoms with van der Waals surface area (Å²) in [4.78, 5) is 18.8. The molecular formula is C18H23ClN2OS. The Morgan fingerprint density at radius 3 is 2.65 bits per heavy atom. The third-order valence-corrected chi connectivity index (χ3v) is 5.11. The van der Waals surface area contributed by atoms with Crippen molar-refractivity contribution >= 4 is 28.8 Å². The van der Waals surface area contributed by atoms with Crippen LogP contribution in [0.1, 0.15) is 32.9 Å². The quantitative estimate of drug-likeness (QED) is 0.742. The second-order valence-corrected chi connectivity index (χ2v) is 7.55.